The van der Waals surface area contributed by atoms with E-state index in [0.717, 1.165) is 18.5 Å². The van der Waals surface area contributed by atoms with E-state index < -0.39 is 0 Å². The zero-order valence-corrected chi connectivity index (χ0v) is 14.7. The highest BCUT2D eigenvalue weighted by Gasteiger charge is 2.09. The molecule has 0 saturated heterocycles. The third-order valence-electron chi connectivity index (χ3n) is 3.97. The first-order valence-corrected chi connectivity index (χ1v) is 8.65. The first-order valence-electron chi connectivity index (χ1n) is 8.65. The maximum Gasteiger partial charge on any atom is 0.252 e. The van der Waals surface area contributed by atoms with E-state index >= 15 is 0 Å². The van der Waals surface area contributed by atoms with Crippen LogP contribution in [0.25, 0.3) is 0 Å². The molecular formula is C20H22N4O2. The molecule has 0 aliphatic carbocycles. The number of carbonyl (C=O) groups is 1. The van der Waals surface area contributed by atoms with Gasteiger partial charge in [-0.1, -0.05) is 30.3 Å². The van der Waals surface area contributed by atoms with Gasteiger partial charge in [0, 0.05) is 37.7 Å². The van der Waals surface area contributed by atoms with Crippen molar-refractivity contribution in [2.45, 2.75) is 26.0 Å². The number of nitrogens with one attached hydrogen (secondary N) is 1. The predicted molar refractivity (Wildman–Crippen MR) is 98.9 cm³/mol. The van der Waals surface area contributed by atoms with Gasteiger partial charge in [-0.25, -0.2) is 4.98 Å². The number of hydrogen-bond donors (Lipinski definition) is 1. The molecule has 26 heavy (non-hydrogen) atoms. The van der Waals surface area contributed by atoms with Gasteiger partial charge in [0.05, 0.1) is 5.56 Å². The van der Waals surface area contributed by atoms with Gasteiger partial charge in [0.25, 0.3) is 5.91 Å². The lowest BCUT2D eigenvalue weighted by atomic mass is 10.1. The lowest BCUT2D eigenvalue weighted by Gasteiger charge is -2.14. The monoisotopic (exact) mass is 350 g/mol. The topological polar surface area (TPSA) is 69.0 Å². The van der Waals surface area contributed by atoms with Crippen molar-refractivity contribution in [1.82, 2.24) is 20.1 Å². The Labute approximate surface area is 152 Å². The second kappa shape index (κ2) is 8.80. The van der Waals surface area contributed by atoms with Gasteiger partial charge in [0.15, 0.2) is 0 Å². The fourth-order valence-corrected chi connectivity index (χ4v) is 2.54. The molecule has 0 radical (unpaired) electrons. The summed E-state index contributed by atoms with van der Waals surface area (Å²) in [6.07, 6.45) is 5.89. The minimum Gasteiger partial charge on any atom is -0.470 e. The molecule has 0 bridgehead atoms. The molecule has 1 unspecified atom stereocenters. The van der Waals surface area contributed by atoms with Crippen LogP contribution in [0.15, 0.2) is 67.1 Å². The molecule has 6 heteroatoms. The molecule has 1 N–H and O–H groups in total. The second-order valence-electron chi connectivity index (χ2n) is 5.93. The summed E-state index contributed by atoms with van der Waals surface area (Å²) in [4.78, 5) is 16.4. The van der Waals surface area contributed by atoms with E-state index in [0.29, 0.717) is 18.0 Å². The van der Waals surface area contributed by atoms with Crippen LogP contribution in [0.2, 0.25) is 0 Å². The van der Waals surface area contributed by atoms with Crippen LogP contribution < -0.4 is 10.1 Å². The fourth-order valence-electron chi connectivity index (χ4n) is 2.54. The van der Waals surface area contributed by atoms with Crippen LogP contribution in [0.5, 0.6) is 5.88 Å². The van der Waals surface area contributed by atoms with Gasteiger partial charge < -0.3 is 10.1 Å². The zero-order chi connectivity index (χ0) is 18.2. The number of aryl methyl sites for hydroxylation is 1. The molecule has 2 heterocycles. The van der Waals surface area contributed by atoms with Crippen LogP contribution in [0.4, 0.5) is 0 Å². The van der Waals surface area contributed by atoms with E-state index in [2.05, 4.69) is 15.4 Å². The zero-order valence-electron chi connectivity index (χ0n) is 14.7. The van der Waals surface area contributed by atoms with Crippen molar-refractivity contribution in [1.29, 1.82) is 0 Å². The Balaban J connectivity index is 1.46. The number of hydrogen-bond acceptors (Lipinski definition) is 4. The summed E-state index contributed by atoms with van der Waals surface area (Å²) in [7, 11) is 0. The minimum absolute atomic E-state index is 0.106. The second-order valence-corrected chi connectivity index (χ2v) is 5.93. The number of aromatic nitrogens is 3. The minimum atomic E-state index is -0.138. The average molecular weight is 350 g/mol. The molecular weight excluding hydrogens is 328 g/mol. The van der Waals surface area contributed by atoms with Gasteiger partial charge in [0.2, 0.25) is 5.88 Å². The van der Waals surface area contributed by atoms with E-state index in [4.69, 9.17) is 4.74 Å². The van der Waals surface area contributed by atoms with Gasteiger partial charge in [-0.3, -0.25) is 9.48 Å². The number of pyridine rings is 1. The molecule has 1 aromatic carbocycles. The normalized spacial score (nSPS) is 11.7. The first kappa shape index (κ1) is 17.7. The molecule has 134 valence electrons. The molecule has 2 aromatic heterocycles. The predicted octanol–water partition coefficient (Wildman–Crippen LogP) is 3.24. The van der Waals surface area contributed by atoms with Crippen LogP contribution in [0.1, 0.15) is 35.4 Å². The van der Waals surface area contributed by atoms with Crippen LogP contribution in [-0.2, 0) is 6.54 Å². The van der Waals surface area contributed by atoms with Gasteiger partial charge in [-0.15, -0.1) is 0 Å². The Morgan fingerprint density at radius 2 is 2.04 bits per heavy atom. The summed E-state index contributed by atoms with van der Waals surface area (Å²) in [6, 6.07) is 15.3. The van der Waals surface area contributed by atoms with Crippen molar-refractivity contribution in [3.8, 4) is 5.88 Å². The van der Waals surface area contributed by atoms with E-state index in [9.17, 15) is 4.79 Å². The highest BCUT2D eigenvalue weighted by molar-refractivity contribution is 5.93. The lowest BCUT2D eigenvalue weighted by molar-refractivity contribution is 0.0952. The molecule has 0 spiro atoms. The quantitative estimate of drug-likeness (QED) is 0.633. The molecule has 0 saturated carbocycles. The van der Waals surface area contributed by atoms with Gasteiger partial charge in [-0.2, -0.15) is 5.10 Å². The molecule has 0 aliphatic rings. The highest BCUT2D eigenvalue weighted by Crippen LogP contribution is 2.19. The van der Waals surface area contributed by atoms with Crippen LogP contribution in [-0.4, -0.2) is 27.2 Å². The van der Waals surface area contributed by atoms with E-state index in [1.165, 1.54) is 6.20 Å². The number of carbonyl (C=O) groups excluding carboxylic acids is 1. The van der Waals surface area contributed by atoms with Crippen molar-refractivity contribution >= 4 is 5.91 Å². The van der Waals surface area contributed by atoms with Crippen LogP contribution >= 0.6 is 0 Å². The van der Waals surface area contributed by atoms with Gasteiger partial charge in [0.1, 0.15) is 6.10 Å². The largest absolute Gasteiger partial charge is 0.470 e. The molecule has 3 aromatic rings. The molecule has 1 amide bonds. The highest BCUT2D eigenvalue weighted by atomic mass is 16.5. The van der Waals surface area contributed by atoms with E-state index in [1.54, 1.807) is 18.3 Å². The lowest BCUT2D eigenvalue weighted by Crippen LogP contribution is -2.25. The van der Waals surface area contributed by atoms with E-state index in [-0.39, 0.29) is 12.0 Å². The number of ether oxygens (including phenoxy) is 1. The Morgan fingerprint density at radius 3 is 2.73 bits per heavy atom. The fraction of sp³-hybridized carbons (Fsp3) is 0.250. The Kier molecular flexibility index (Phi) is 5.98. The van der Waals surface area contributed by atoms with Crippen molar-refractivity contribution < 1.29 is 9.53 Å². The van der Waals surface area contributed by atoms with Crippen molar-refractivity contribution in [3.05, 3.63) is 78.2 Å². The van der Waals surface area contributed by atoms with E-state index in [1.807, 2.05) is 54.2 Å². The maximum atomic E-state index is 12.1. The summed E-state index contributed by atoms with van der Waals surface area (Å²) >= 11 is 0. The van der Waals surface area contributed by atoms with Crippen molar-refractivity contribution in [3.63, 3.8) is 0 Å². The van der Waals surface area contributed by atoms with Gasteiger partial charge >= 0.3 is 0 Å². The molecule has 0 aliphatic heterocycles. The van der Waals surface area contributed by atoms with Crippen LogP contribution in [0, 0.1) is 0 Å². The number of rotatable bonds is 8. The number of nitrogens with zero attached hydrogens (tertiary/aromatic N) is 3. The summed E-state index contributed by atoms with van der Waals surface area (Å²) in [5.41, 5.74) is 1.59. The Bertz CT molecular complexity index is 802. The Morgan fingerprint density at radius 1 is 1.19 bits per heavy atom. The molecule has 3 rings (SSSR count). The maximum absolute atomic E-state index is 12.1. The molecule has 6 nitrogen and oxygen atoms in total. The SMILES string of the molecule is CC(Oc1ccc(C(=O)NCCCn2cccn2)cn1)c1ccccc1. The van der Waals surface area contributed by atoms with Crippen molar-refractivity contribution in [2.24, 2.45) is 0 Å². The summed E-state index contributed by atoms with van der Waals surface area (Å²) < 4.78 is 7.66. The molecule has 1 atom stereocenters. The Hall–Kier alpha value is -3.15. The number of benzene rings is 1. The third-order valence-corrected chi connectivity index (χ3v) is 3.97. The summed E-state index contributed by atoms with van der Waals surface area (Å²) in [6.45, 7) is 3.33. The summed E-state index contributed by atoms with van der Waals surface area (Å²) in [5, 5.41) is 7.01. The van der Waals surface area contributed by atoms with Gasteiger partial charge in [-0.05, 0) is 31.0 Å². The third kappa shape index (κ3) is 4.92. The van der Waals surface area contributed by atoms with Crippen molar-refractivity contribution in [2.75, 3.05) is 6.54 Å². The average Bonchev–Trinajstić information content (AvgIpc) is 3.20. The number of amides is 1. The van der Waals surface area contributed by atoms with Crippen LogP contribution in [0.3, 0.4) is 0 Å². The smallest absolute Gasteiger partial charge is 0.252 e. The first-order chi connectivity index (χ1) is 12.7. The summed E-state index contributed by atoms with van der Waals surface area (Å²) in [5.74, 6) is 0.359. The molecule has 0 fully saturated rings. The standard InChI is InChI=1S/C20H22N4O2/c1-16(17-7-3-2-4-8-17)26-19-10-9-18(15-22-19)20(25)21-11-5-13-24-14-6-12-23-24/h2-4,6-10,12,14-16H,5,11,13H2,1H3,(H,21,25).